The Hall–Kier alpha value is -2.53. The molecule has 3 rings (SSSR count). The summed E-state index contributed by atoms with van der Waals surface area (Å²) in [7, 11) is 0. The van der Waals surface area contributed by atoms with E-state index in [1.807, 2.05) is 0 Å². The third-order valence-electron chi connectivity index (χ3n) is 3.23. The summed E-state index contributed by atoms with van der Waals surface area (Å²) in [4.78, 5) is 24.1. The number of hydrogen-bond acceptors (Lipinski definition) is 4. The van der Waals surface area contributed by atoms with Gasteiger partial charge in [-0.05, 0) is 29.8 Å². The summed E-state index contributed by atoms with van der Waals surface area (Å²) in [5, 5.41) is 13.0. The Morgan fingerprint density at radius 3 is 2.57 bits per heavy atom. The highest BCUT2D eigenvalue weighted by Crippen LogP contribution is 2.32. The molecule has 21 heavy (non-hydrogen) atoms. The van der Waals surface area contributed by atoms with Crippen molar-refractivity contribution in [2.75, 3.05) is 0 Å². The third-order valence-corrected chi connectivity index (χ3v) is 3.48. The van der Waals surface area contributed by atoms with Crippen molar-refractivity contribution in [2.45, 2.75) is 6.04 Å². The number of ketones is 1. The van der Waals surface area contributed by atoms with Crippen LogP contribution in [0.4, 0.5) is 0 Å². The monoisotopic (exact) mass is 303 g/mol. The fraction of sp³-hybridized carbons (Fsp3) is 0.0667. The highest BCUT2D eigenvalue weighted by Gasteiger charge is 2.38. The predicted molar refractivity (Wildman–Crippen MR) is 75.0 cm³/mol. The molecular formula is C15H10ClNO4. The summed E-state index contributed by atoms with van der Waals surface area (Å²) in [6.45, 7) is 0. The highest BCUT2D eigenvalue weighted by atomic mass is 35.5. The van der Waals surface area contributed by atoms with Crippen LogP contribution in [0.5, 0.6) is 0 Å². The minimum Gasteiger partial charge on any atom is -0.503 e. The van der Waals surface area contributed by atoms with Crippen LogP contribution in [0.15, 0.2) is 58.4 Å². The first-order valence-electron chi connectivity index (χ1n) is 6.15. The van der Waals surface area contributed by atoms with Gasteiger partial charge in [0.05, 0.1) is 17.9 Å². The number of aliphatic hydroxyl groups excluding tert-OH is 1. The summed E-state index contributed by atoms with van der Waals surface area (Å²) in [6.07, 6.45) is 1.35. The minimum absolute atomic E-state index is 0.0303. The number of benzene rings is 1. The van der Waals surface area contributed by atoms with E-state index in [-0.39, 0.29) is 11.3 Å². The topological polar surface area (TPSA) is 79.5 Å². The van der Waals surface area contributed by atoms with Gasteiger partial charge < -0.3 is 14.8 Å². The summed E-state index contributed by atoms with van der Waals surface area (Å²) in [6, 6.07) is 8.97. The molecule has 2 N–H and O–H groups in total. The molecule has 0 unspecified atom stereocenters. The van der Waals surface area contributed by atoms with Crippen LogP contribution in [0.2, 0.25) is 5.02 Å². The second-order valence-electron chi connectivity index (χ2n) is 4.53. The van der Waals surface area contributed by atoms with Crippen molar-refractivity contribution >= 4 is 23.3 Å². The van der Waals surface area contributed by atoms with Gasteiger partial charge in [-0.3, -0.25) is 9.59 Å². The molecule has 1 atom stereocenters. The number of Topliss-reactive ketones (excluding diaryl/α,β-unsaturated/α-hetero) is 1. The predicted octanol–water partition coefficient (Wildman–Crippen LogP) is 2.80. The maximum Gasteiger partial charge on any atom is 0.287 e. The van der Waals surface area contributed by atoms with E-state index in [1.165, 1.54) is 12.3 Å². The first-order chi connectivity index (χ1) is 10.1. The van der Waals surface area contributed by atoms with Gasteiger partial charge in [0.25, 0.3) is 5.91 Å². The Morgan fingerprint density at radius 1 is 1.24 bits per heavy atom. The molecule has 0 radical (unpaired) electrons. The maximum atomic E-state index is 12.4. The number of carbonyl (C=O) groups excluding carboxylic acids is 2. The Bertz CT molecular complexity index is 732. The van der Waals surface area contributed by atoms with Crippen molar-refractivity contribution < 1.29 is 19.1 Å². The number of amides is 1. The van der Waals surface area contributed by atoms with Gasteiger partial charge in [0.1, 0.15) is 0 Å². The minimum atomic E-state index is -0.729. The van der Waals surface area contributed by atoms with Crippen molar-refractivity contribution in [1.82, 2.24) is 5.32 Å². The molecule has 5 nitrogen and oxygen atoms in total. The summed E-state index contributed by atoms with van der Waals surface area (Å²) in [5.74, 6) is -1.75. The number of halogens is 1. The molecule has 6 heteroatoms. The molecule has 1 aliphatic rings. The van der Waals surface area contributed by atoms with Gasteiger partial charge in [-0.2, -0.15) is 0 Å². The summed E-state index contributed by atoms with van der Waals surface area (Å²) < 4.78 is 5.04. The average Bonchev–Trinajstić information content (AvgIpc) is 3.09. The molecule has 106 valence electrons. The standard InChI is InChI=1S/C15H10ClNO4/c16-9-5-3-8(4-6-9)12-11(14(19)15(20)17-12)13(18)10-2-1-7-21-10/h1-7,12,19H,(H,17,20)/t12-/m1/s1. The van der Waals surface area contributed by atoms with Gasteiger partial charge >= 0.3 is 0 Å². The lowest BCUT2D eigenvalue weighted by Gasteiger charge is -2.13. The number of rotatable bonds is 3. The number of aliphatic hydroxyl groups is 1. The number of nitrogens with one attached hydrogen (secondary N) is 1. The van der Waals surface area contributed by atoms with Gasteiger partial charge in [0, 0.05) is 5.02 Å². The van der Waals surface area contributed by atoms with Crippen LogP contribution in [-0.2, 0) is 4.79 Å². The molecule has 0 aliphatic carbocycles. The Kier molecular flexibility index (Phi) is 3.27. The number of hydrogen-bond donors (Lipinski definition) is 2. The molecule has 0 bridgehead atoms. The summed E-state index contributed by atoms with van der Waals surface area (Å²) >= 11 is 5.83. The number of carbonyl (C=O) groups is 2. The summed E-state index contributed by atoms with van der Waals surface area (Å²) in [5.41, 5.74) is 0.615. The van der Waals surface area contributed by atoms with E-state index in [2.05, 4.69) is 5.32 Å². The molecule has 0 spiro atoms. The Balaban J connectivity index is 2.03. The van der Waals surface area contributed by atoms with E-state index in [0.717, 1.165) is 0 Å². The maximum absolute atomic E-state index is 12.4. The van der Waals surface area contributed by atoms with Crippen molar-refractivity contribution in [1.29, 1.82) is 0 Å². The van der Waals surface area contributed by atoms with E-state index < -0.39 is 23.5 Å². The second kappa shape index (κ2) is 5.10. The molecular weight excluding hydrogens is 294 g/mol. The molecule has 1 aromatic carbocycles. The van der Waals surface area contributed by atoms with Gasteiger partial charge in [-0.1, -0.05) is 23.7 Å². The van der Waals surface area contributed by atoms with Gasteiger partial charge in [0.15, 0.2) is 11.5 Å². The van der Waals surface area contributed by atoms with Gasteiger partial charge in [0.2, 0.25) is 5.78 Å². The molecule has 1 aliphatic heterocycles. The number of furan rings is 1. The van der Waals surface area contributed by atoms with E-state index >= 15 is 0 Å². The molecule has 2 heterocycles. The van der Waals surface area contributed by atoms with Gasteiger partial charge in [-0.25, -0.2) is 0 Å². The Labute approximate surface area is 124 Å². The lowest BCUT2D eigenvalue weighted by Crippen LogP contribution is -2.23. The first-order valence-corrected chi connectivity index (χ1v) is 6.53. The van der Waals surface area contributed by atoms with Crippen molar-refractivity contribution in [3.8, 4) is 0 Å². The first kappa shape index (κ1) is 13.5. The smallest absolute Gasteiger partial charge is 0.287 e. The zero-order chi connectivity index (χ0) is 15.0. The van der Waals surface area contributed by atoms with Crippen LogP contribution >= 0.6 is 11.6 Å². The van der Waals surface area contributed by atoms with E-state index in [1.54, 1.807) is 30.3 Å². The van der Waals surface area contributed by atoms with Crippen molar-refractivity contribution in [2.24, 2.45) is 0 Å². The SMILES string of the molecule is O=C1N[C@H](c2ccc(Cl)cc2)C(C(=O)c2ccco2)=C1O. The third kappa shape index (κ3) is 2.32. The fourth-order valence-electron chi connectivity index (χ4n) is 2.22. The lowest BCUT2D eigenvalue weighted by atomic mass is 9.96. The normalized spacial score (nSPS) is 18.0. The molecule has 1 aromatic heterocycles. The van der Waals surface area contributed by atoms with Gasteiger partial charge in [-0.15, -0.1) is 0 Å². The highest BCUT2D eigenvalue weighted by molar-refractivity contribution is 6.30. The molecule has 0 saturated carbocycles. The Morgan fingerprint density at radius 2 is 1.95 bits per heavy atom. The van der Waals surface area contributed by atoms with E-state index in [0.29, 0.717) is 10.6 Å². The molecule has 0 fully saturated rings. The quantitative estimate of drug-likeness (QED) is 0.855. The zero-order valence-corrected chi connectivity index (χ0v) is 11.4. The van der Waals surface area contributed by atoms with Crippen LogP contribution in [-0.4, -0.2) is 16.8 Å². The van der Waals surface area contributed by atoms with Crippen LogP contribution in [0.3, 0.4) is 0 Å². The van der Waals surface area contributed by atoms with Crippen molar-refractivity contribution in [3.63, 3.8) is 0 Å². The molecule has 2 aromatic rings. The average molecular weight is 304 g/mol. The van der Waals surface area contributed by atoms with Crippen LogP contribution < -0.4 is 5.32 Å². The van der Waals surface area contributed by atoms with Crippen molar-refractivity contribution in [3.05, 3.63) is 70.3 Å². The largest absolute Gasteiger partial charge is 0.503 e. The van der Waals surface area contributed by atoms with Crippen LogP contribution in [0, 0.1) is 0 Å². The van der Waals surface area contributed by atoms with Crippen LogP contribution in [0.1, 0.15) is 22.2 Å². The molecule has 0 saturated heterocycles. The lowest BCUT2D eigenvalue weighted by molar-refractivity contribution is -0.119. The molecule has 1 amide bonds. The second-order valence-corrected chi connectivity index (χ2v) is 4.96. The van der Waals surface area contributed by atoms with E-state index in [9.17, 15) is 14.7 Å². The van der Waals surface area contributed by atoms with Crippen LogP contribution in [0.25, 0.3) is 0 Å². The van der Waals surface area contributed by atoms with E-state index in [4.69, 9.17) is 16.0 Å². The fourth-order valence-corrected chi connectivity index (χ4v) is 2.34. The zero-order valence-electron chi connectivity index (χ0n) is 10.7.